The maximum Gasteiger partial charge on any atom is 0.256 e. The zero-order valence-electron chi connectivity index (χ0n) is 14.3. The van der Waals surface area contributed by atoms with Gasteiger partial charge in [0.15, 0.2) is 12.6 Å². The van der Waals surface area contributed by atoms with Gasteiger partial charge in [-0.05, 0) is 28.3 Å². The summed E-state index contributed by atoms with van der Waals surface area (Å²) in [6.07, 6.45) is 1.36. The fraction of sp³-hybridized carbons (Fsp3) is 0. The van der Waals surface area contributed by atoms with Crippen LogP contribution >= 0.6 is 0 Å². The highest BCUT2D eigenvalue weighted by molar-refractivity contribution is 6.18. The largest absolute Gasteiger partial charge is 0.321 e. The summed E-state index contributed by atoms with van der Waals surface area (Å²) < 4.78 is 0. The normalized spacial score (nSPS) is 10.7. The molecular formula is C23H15NO3. The molecular weight excluding hydrogens is 338 g/mol. The first-order valence-electron chi connectivity index (χ1n) is 8.48. The fourth-order valence-electron chi connectivity index (χ4n) is 3.36. The molecule has 0 fully saturated rings. The van der Waals surface area contributed by atoms with Gasteiger partial charge < -0.3 is 5.32 Å². The Morgan fingerprint density at radius 2 is 1.41 bits per heavy atom. The van der Waals surface area contributed by atoms with E-state index in [2.05, 4.69) is 5.32 Å². The van der Waals surface area contributed by atoms with Gasteiger partial charge in [0.05, 0.1) is 5.56 Å². The number of benzene rings is 4. The summed E-state index contributed by atoms with van der Waals surface area (Å²) in [5.41, 5.74) is 1.47. The summed E-state index contributed by atoms with van der Waals surface area (Å²) in [5.74, 6) is -0.428. The lowest BCUT2D eigenvalue weighted by atomic mass is 9.95. The summed E-state index contributed by atoms with van der Waals surface area (Å²) in [6, 6.07) is 21.9. The lowest BCUT2D eigenvalue weighted by Crippen LogP contribution is -2.15. The molecule has 4 nitrogen and oxygen atoms in total. The minimum absolute atomic E-state index is 0.179. The van der Waals surface area contributed by atoms with Crippen LogP contribution in [0.1, 0.15) is 31.1 Å². The number of rotatable bonds is 4. The van der Waals surface area contributed by atoms with Gasteiger partial charge in [0, 0.05) is 22.2 Å². The molecule has 1 N–H and O–H groups in total. The van der Waals surface area contributed by atoms with Crippen molar-refractivity contribution in [1.29, 1.82) is 0 Å². The first kappa shape index (κ1) is 16.7. The first-order chi connectivity index (χ1) is 13.2. The van der Waals surface area contributed by atoms with Gasteiger partial charge >= 0.3 is 0 Å². The van der Waals surface area contributed by atoms with Gasteiger partial charge in [0.2, 0.25) is 0 Å². The maximum atomic E-state index is 13.0. The van der Waals surface area contributed by atoms with E-state index in [4.69, 9.17) is 0 Å². The maximum absolute atomic E-state index is 13.0. The van der Waals surface area contributed by atoms with E-state index in [9.17, 15) is 14.4 Å². The van der Waals surface area contributed by atoms with Crippen molar-refractivity contribution in [3.05, 3.63) is 89.5 Å². The van der Waals surface area contributed by atoms with E-state index >= 15 is 0 Å². The van der Waals surface area contributed by atoms with Crippen LogP contribution in [0.2, 0.25) is 0 Å². The van der Waals surface area contributed by atoms with Gasteiger partial charge in [-0.15, -0.1) is 0 Å². The van der Waals surface area contributed by atoms with E-state index in [0.29, 0.717) is 34.6 Å². The molecule has 0 aromatic heterocycles. The third kappa shape index (κ3) is 2.87. The first-order valence-corrected chi connectivity index (χ1v) is 8.48. The molecule has 0 spiro atoms. The van der Waals surface area contributed by atoms with E-state index in [-0.39, 0.29) is 11.1 Å². The Bertz CT molecular complexity index is 1210. The van der Waals surface area contributed by atoms with E-state index < -0.39 is 5.91 Å². The monoisotopic (exact) mass is 353 g/mol. The lowest BCUT2D eigenvalue weighted by molar-refractivity contribution is 0.101. The number of anilines is 1. The Balaban J connectivity index is 1.85. The Morgan fingerprint density at radius 3 is 2.15 bits per heavy atom. The number of fused-ring (bicyclic) bond motifs is 2. The average Bonchev–Trinajstić information content (AvgIpc) is 2.72. The van der Waals surface area contributed by atoms with Gasteiger partial charge in [-0.2, -0.15) is 0 Å². The summed E-state index contributed by atoms with van der Waals surface area (Å²) in [6.45, 7) is 0. The van der Waals surface area contributed by atoms with Crippen LogP contribution in [-0.4, -0.2) is 18.5 Å². The molecule has 0 atom stereocenters. The van der Waals surface area contributed by atoms with Crippen molar-refractivity contribution in [2.45, 2.75) is 0 Å². The predicted molar refractivity (Wildman–Crippen MR) is 107 cm³/mol. The van der Waals surface area contributed by atoms with E-state index in [1.165, 1.54) is 6.07 Å². The molecule has 27 heavy (non-hydrogen) atoms. The molecule has 0 saturated heterocycles. The van der Waals surface area contributed by atoms with Crippen LogP contribution < -0.4 is 5.32 Å². The van der Waals surface area contributed by atoms with Crippen LogP contribution in [0, 0.1) is 0 Å². The van der Waals surface area contributed by atoms with Crippen LogP contribution in [0.3, 0.4) is 0 Å². The Kier molecular flexibility index (Phi) is 4.22. The molecule has 0 heterocycles. The zero-order valence-corrected chi connectivity index (χ0v) is 14.3. The van der Waals surface area contributed by atoms with Crippen molar-refractivity contribution in [2.24, 2.45) is 0 Å². The van der Waals surface area contributed by atoms with Crippen molar-refractivity contribution in [1.82, 2.24) is 0 Å². The third-order valence-corrected chi connectivity index (χ3v) is 4.65. The Morgan fingerprint density at radius 1 is 0.741 bits per heavy atom. The average molecular weight is 353 g/mol. The topological polar surface area (TPSA) is 63.2 Å². The molecule has 0 aliphatic heterocycles. The molecule has 0 aliphatic carbocycles. The summed E-state index contributed by atoms with van der Waals surface area (Å²) in [4.78, 5) is 36.2. The molecule has 4 aromatic rings. The van der Waals surface area contributed by atoms with Gasteiger partial charge in [-0.3, -0.25) is 14.4 Å². The summed E-state index contributed by atoms with van der Waals surface area (Å²) >= 11 is 0. The Hall–Kier alpha value is -3.79. The van der Waals surface area contributed by atoms with Crippen molar-refractivity contribution >= 4 is 45.7 Å². The molecule has 130 valence electrons. The fourth-order valence-corrected chi connectivity index (χ4v) is 3.36. The van der Waals surface area contributed by atoms with Crippen LogP contribution in [0.25, 0.3) is 21.5 Å². The minimum atomic E-state index is -0.428. The second-order valence-corrected chi connectivity index (χ2v) is 6.19. The number of aldehydes is 2. The second kappa shape index (κ2) is 6.84. The van der Waals surface area contributed by atoms with Crippen LogP contribution in [0.15, 0.2) is 72.8 Å². The van der Waals surface area contributed by atoms with Crippen molar-refractivity contribution in [3.63, 3.8) is 0 Å². The van der Waals surface area contributed by atoms with Crippen LogP contribution in [-0.2, 0) is 0 Å². The van der Waals surface area contributed by atoms with Crippen molar-refractivity contribution < 1.29 is 14.4 Å². The van der Waals surface area contributed by atoms with Crippen molar-refractivity contribution in [2.75, 3.05) is 5.32 Å². The van der Waals surface area contributed by atoms with Crippen molar-refractivity contribution in [3.8, 4) is 0 Å². The predicted octanol–water partition coefficient (Wildman–Crippen LogP) is 4.87. The molecule has 4 aromatic carbocycles. The molecule has 0 unspecified atom stereocenters. The standard InChI is InChI=1S/C23H15NO3/c25-13-16-12-20(21(14-26)19-10-4-3-8-17(16)19)23(27)24-22-11-5-7-15-6-1-2-9-18(15)22/h1-14H,(H,24,27). The number of hydrogen-bond donors (Lipinski definition) is 1. The molecule has 0 radical (unpaired) electrons. The number of amides is 1. The molecule has 0 saturated carbocycles. The van der Waals surface area contributed by atoms with E-state index in [1.54, 1.807) is 24.3 Å². The lowest BCUT2D eigenvalue weighted by Gasteiger charge is -2.13. The SMILES string of the molecule is O=Cc1cc(C(=O)Nc2cccc3ccccc23)c(C=O)c2ccccc12. The molecule has 4 heteroatoms. The van der Waals surface area contributed by atoms with E-state index in [1.807, 2.05) is 42.5 Å². The van der Waals surface area contributed by atoms with Gasteiger partial charge in [-0.25, -0.2) is 0 Å². The molecule has 0 aliphatic rings. The minimum Gasteiger partial charge on any atom is -0.321 e. The highest BCUT2D eigenvalue weighted by Crippen LogP contribution is 2.27. The van der Waals surface area contributed by atoms with Crippen LogP contribution in [0.5, 0.6) is 0 Å². The quantitative estimate of drug-likeness (QED) is 0.532. The Labute approximate surface area is 155 Å². The molecule has 1 amide bonds. The summed E-state index contributed by atoms with van der Waals surface area (Å²) in [7, 11) is 0. The van der Waals surface area contributed by atoms with Gasteiger partial charge in [-0.1, -0.05) is 60.7 Å². The summed E-state index contributed by atoms with van der Waals surface area (Å²) in [5, 5.41) is 6.01. The number of carbonyl (C=O) groups is 3. The highest BCUT2D eigenvalue weighted by Gasteiger charge is 2.17. The zero-order chi connectivity index (χ0) is 18.8. The van der Waals surface area contributed by atoms with E-state index in [0.717, 1.165) is 10.8 Å². The number of hydrogen-bond acceptors (Lipinski definition) is 3. The van der Waals surface area contributed by atoms with Crippen LogP contribution in [0.4, 0.5) is 5.69 Å². The third-order valence-electron chi connectivity index (χ3n) is 4.65. The highest BCUT2D eigenvalue weighted by atomic mass is 16.2. The molecule has 0 bridgehead atoms. The van der Waals surface area contributed by atoms with Gasteiger partial charge in [0.1, 0.15) is 0 Å². The number of carbonyl (C=O) groups excluding carboxylic acids is 3. The smallest absolute Gasteiger partial charge is 0.256 e. The second-order valence-electron chi connectivity index (χ2n) is 6.19. The number of nitrogens with one attached hydrogen (secondary N) is 1. The van der Waals surface area contributed by atoms with Gasteiger partial charge in [0.25, 0.3) is 5.91 Å². The molecule has 4 rings (SSSR count).